The molecular weight excluding hydrogens is 216 g/mol. The van der Waals surface area contributed by atoms with Crippen LogP contribution in [0.4, 0.5) is 0 Å². The van der Waals surface area contributed by atoms with E-state index in [0.29, 0.717) is 12.4 Å². The zero-order valence-electron chi connectivity index (χ0n) is 10.8. The van der Waals surface area contributed by atoms with Crippen LogP contribution >= 0.6 is 0 Å². The summed E-state index contributed by atoms with van der Waals surface area (Å²) in [4.78, 5) is 20.0. The van der Waals surface area contributed by atoms with Crippen LogP contribution in [-0.2, 0) is 11.3 Å². The molecule has 0 unspecified atom stereocenters. The van der Waals surface area contributed by atoms with Gasteiger partial charge in [-0.3, -0.25) is 4.79 Å². The van der Waals surface area contributed by atoms with E-state index in [4.69, 9.17) is 5.73 Å². The monoisotopic (exact) mass is 236 g/mol. The van der Waals surface area contributed by atoms with Gasteiger partial charge in [-0.2, -0.15) is 0 Å². The van der Waals surface area contributed by atoms with Gasteiger partial charge in [0.05, 0.1) is 18.3 Å². The van der Waals surface area contributed by atoms with E-state index < -0.39 is 6.04 Å². The number of carbonyl (C=O) groups excluding carboxylic acids is 1. The van der Waals surface area contributed by atoms with E-state index >= 15 is 0 Å². The van der Waals surface area contributed by atoms with E-state index in [-0.39, 0.29) is 11.3 Å². The van der Waals surface area contributed by atoms with Crippen LogP contribution in [0.2, 0.25) is 0 Å². The molecule has 1 amide bonds. The van der Waals surface area contributed by atoms with Gasteiger partial charge in [-0.15, -0.1) is 0 Å². The van der Waals surface area contributed by atoms with Gasteiger partial charge in [0.25, 0.3) is 0 Å². The molecule has 0 bridgehead atoms. The van der Waals surface area contributed by atoms with Crippen molar-refractivity contribution < 1.29 is 4.79 Å². The maximum atomic E-state index is 11.8. The summed E-state index contributed by atoms with van der Waals surface area (Å²) in [7, 11) is 0. The smallest absolute Gasteiger partial charge is 0.237 e. The topological polar surface area (TPSA) is 80.9 Å². The molecule has 3 N–H and O–H groups in total. The van der Waals surface area contributed by atoms with Gasteiger partial charge in [0, 0.05) is 6.20 Å². The molecule has 1 heterocycles. The Bertz CT molecular complexity index is 398. The average Bonchev–Trinajstić information content (AvgIpc) is 2.23. The maximum absolute atomic E-state index is 11.8. The highest BCUT2D eigenvalue weighted by Crippen LogP contribution is 2.17. The van der Waals surface area contributed by atoms with E-state index in [1.54, 1.807) is 12.3 Å². The summed E-state index contributed by atoms with van der Waals surface area (Å²) in [5.74, 6) is 0.533. The number of nitrogens with one attached hydrogen (secondary N) is 1. The molecule has 94 valence electrons. The molecule has 0 aromatic carbocycles. The first-order valence-electron chi connectivity index (χ1n) is 5.62. The van der Waals surface area contributed by atoms with Crippen molar-refractivity contribution in [2.75, 3.05) is 0 Å². The molecule has 17 heavy (non-hydrogen) atoms. The first kappa shape index (κ1) is 13.6. The molecule has 1 aromatic rings. The fourth-order valence-electron chi connectivity index (χ4n) is 1.28. The van der Waals surface area contributed by atoms with Gasteiger partial charge in [0.15, 0.2) is 0 Å². The van der Waals surface area contributed by atoms with Gasteiger partial charge < -0.3 is 11.1 Å². The van der Waals surface area contributed by atoms with Crippen molar-refractivity contribution in [1.82, 2.24) is 15.3 Å². The minimum Gasteiger partial charge on any atom is -0.349 e. The van der Waals surface area contributed by atoms with Crippen LogP contribution < -0.4 is 11.1 Å². The van der Waals surface area contributed by atoms with E-state index in [1.807, 2.05) is 27.7 Å². The van der Waals surface area contributed by atoms with Crippen molar-refractivity contribution >= 4 is 5.91 Å². The highest BCUT2D eigenvalue weighted by molar-refractivity contribution is 5.82. The van der Waals surface area contributed by atoms with Crippen LogP contribution in [0.25, 0.3) is 0 Å². The lowest BCUT2D eigenvalue weighted by Gasteiger charge is -2.25. The minimum atomic E-state index is -0.523. The SMILES string of the molecule is Cc1nccc(CNC(=O)[C@@H](N)C(C)(C)C)n1. The quantitative estimate of drug-likeness (QED) is 0.812. The van der Waals surface area contributed by atoms with Crippen LogP contribution in [-0.4, -0.2) is 21.9 Å². The Balaban J connectivity index is 2.54. The van der Waals surface area contributed by atoms with Crippen LogP contribution in [0.3, 0.4) is 0 Å². The first-order valence-corrected chi connectivity index (χ1v) is 5.62. The number of nitrogens with zero attached hydrogens (tertiary/aromatic N) is 2. The van der Waals surface area contributed by atoms with Crippen molar-refractivity contribution in [3.05, 3.63) is 23.8 Å². The fraction of sp³-hybridized carbons (Fsp3) is 0.583. The number of amides is 1. The van der Waals surface area contributed by atoms with Gasteiger partial charge in [-0.25, -0.2) is 9.97 Å². The number of aromatic nitrogens is 2. The normalized spacial score (nSPS) is 13.2. The average molecular weight is 236 g/mol. The maximum Gasteiger partial charge on any atom is 0.237 e. The highest BCUT2D eigenvalue weighted by atomic mass is 16.2. The van der Waals surface area contributed by atoms with Crippen molar-refractivity contribution in [2.45, 2.75) is 40.3 Å². The van der Waals surface area contributed by atoms with E-state index in [0.717, 1.165) is 5.69 Å². The molecule has 1 aromatic heterocycles. The second kappa shape index (κ2) is 5.23. The van der Waals surface area contributed by atoms with Crippen molar-refractivity contribution in [2.24, 2.45) is 11.1 Å². The standard InChI is InChI=1S/C12H20N4O/c1-8-14-6-5-9(16-8)7-15-11(17)10(13)12(2,3)4/h5-6,10H,7,13H2,1-4H3,(H,15,17)/t10-/m1/s1. The Kier molecular flexibility index (Phi) is 4.17. The molecular formula is C12H20N4O. The van der Waals surface area contributed by atoms with Gasteiger partial charge in [-0.05, 0) is 18.4 Å². The third-order valence-corrected chi connectivity index (χ3v) is 2.49. The van der Waals surface area contributed by atoms with Crippen LogP contribution in [0.15, 0.2) is 12.3 Å². The molecule has 0 saturated heterocycles. The fourth-order valence-corrected chi connectivity index (χ4v) is 1.28. The molecule has 0 aliphatic carbocycles. The van der Waals surface area contributed by atoms with Crippen LogP contribution in [0.1, 0.15) is 32.3 Å². The largest absolute Gasteiger partial charge is 0.349 e. The zero-order chi connectivity index (χ0) is 13.1. The third kappa shape index (κ3) is 4.11. The summed E-state index contributed by atoms with van der Waals surface area (Å²) in [5.41, 5.74) is 6.38. The van der Waals surface area contributed by atoms with E-state index in [9.17, 15) is 4.79 Å². The van der Waals surface area contributed by atoms with Crippen LogP contribution in [0, 0.1) is 12.3 Å². The van der Waals surface area contributed by atoms with Gasteiger partial charge >= 0.3 is 0 Å². The molecule has 0 aliphatic rings. The second-order valence-corrected chi connectivity index (χ2v) is 5.16. The Morgan fingerprint density at radius 3 is 2.71 bits per heavy atom. The summed E-state index contributed by atoms with van der Waals surface area (Å²) in [6.07, 6.45) is 1.67. The second-order valence-electron chi connectivity index (χ2n) is 5.16. The third-order valence-electron chi connectivity index (χ3n) is 2.49. The van der Waals surface area contributed by atoms with Gasteiger partial charge in [-0.1, -0.05) is 20.8 Å². The highest BCUT2D eigenvalue weighted by Gasteiger charge is 2.27. The predicted octanol–water partition coefficient (Wildman–Crippen LogP) is 0.775. The Morgan fingerprint density at radius 1 is 1.53 bits per heavy atom. The lowest BCUT2D eigenvalue weighted by Crippen LogP contribution is -2.48. The summed E-state index contributed by atoms with van der Waals surface area (Å²) in [6.45, 7) is 8.00. The zero-order valence-corrected chi connectivity index (χ0v) is 10.8. The molecule has 0 fully saturated rings. The lowest BCUT2D eigenvalue weighted by molar-refractivity contribution is -0.124. The number of hydrogen-bond donors (Lipinski definition) is 2. The number of rotatable bonds is 3. The molecule has 0 radical (unpaired) electrons. The number of nitrogens with two attached hydrogens (primary N) is 1. The summed E-state index contributed by atoms with van der Waals surface area (Å²) in [5, 5.41) is 2.78. The Morgan fingerprint density at radius 2 is 2.18 bits per heavy atom. The molecule has 1 atom stereocenters. The number of hydrogen-bond acceptors (Lipinski definition) is 4. The predicted molar refractivity (Wildman–Crippen MR) is 66.0 cm³/mol. The summed E-state index contributed by atoms with van der Waals surface area (Å²) < 4.78 is 0. The molecule has 0 saturated carbocycles. The van der Waals surface area contributed by atoms with Crippen LogP contribution in [0.5, 0.6) is 0 Å². The molecule has 1 rings (SSSR count). The summed E-state index contributed by atoms with van der Waals surface area (Å²) >= 11 is 0. The van der Waals surface area contributed by atoms with Gasteiger partial charge in [0.2, 0.25) is 5.91 Å². The van der Waals surface area contributed by atoms with Crippen molar-refractivity contribution in [3.63, 3.8) is 0 Å². The van der Waals surface area contributed by atoms with E-state index in [2.05, 4.69) is 15.3 Å². The molecule has 5 heteroatoms. The van der Waals surface area contributed by atoms with Crippen molar-refractivity contribution in [1.29, 1.82) is 0 Å². The van der Waals surface area contributed by atoms with Crippen molar-refractivity contribution in [3.8, 4) is 0 Å². The summed E-state index contributed by atoms with van der Waals surface area (Å²) in [6, 6.07) is 1.25. The Labute approximate surface area is 102 Å². The molecule has 0 spiro atoms. The number of carbonyl (C=O) groups is 1. The Hall–Kier alpha value is -1.49. The van der Waals surface area contributed by atoms with Gasteiger partial charge in [0.1, 0.15) is 5.82 Å². The molecule has 0 aliphatic heterocycles. The van der Waals surface area contributed by atoms with E-state index in [1.165, 1.54) is 0 Å². The lowest BCUT2D eigenvalue weighted by atomic mass is 9.87. The minimum absolute atomic E-state index is 0.159. The first-order chi connectivity index (χ1) is 7.80. The molecule has 5 nitrogen and oxygen atoms in total. The number of aryl methyl sites for hydroxylation is 1.